The second kappa shape index (κ2) is 6.52. The van der Waals surface area contributed by atoms with Crippen LogP contribution in [0.2, 0.25) is 5.02 Å². The summed E-state index contributed by atoms with van der Waals surface area (Å²) in [5.74, 6) is 0.723. The summed E-state index contributed by atoms with van der Waals surface area (Å²) in [5, 5.41) is 8.52. The van der Waals surface area contributed by atoms with Gasteiger partial charge in [0.1, 0.15) is 5.75 Å². The fourth-order valence-electron chi connectivity index (χ4n) is 1.83. The van der Waals surface area contributed by atoms with Crippen molar-refractivity contribution in [2.75, 3.05) is 6.61 Å². The standard InChI is InChI=1S/C14H16ClN3O2/c1-10-14(11(2)19)16-17-18(10)8-3-9-20-13-6-4-12(15)5-7-13/h4-7H,3,8-9H2,1-2H3. The third-order valence-corrected chi connectivity index (χ3v) is 3.16. The third kappa shape index (κ3) is 3.57. The summed E-state index contributed by atoms with van der Waals surface area (Å²) >= 11 is 5.80. The summed E-state index contributed by atoms with van der Waals surface area (Å²) in [7, 11) is 0. The van der Waals surface area contributed by atoms with Gasteiger partial charge in [-0.3, -0.25) is 4.79 Å². The van der Waals surface area contributed by atoms with Gasteiger partial charge in [-0.15, -0.1) is 5.10 Å². The second-order valence-electron chi connectivity index (χ2n) is 4.46. The SMILES string of the molecule is CC(=O)c1nnn(CCCOc2ccc(Cl)cc2)c1C. The molecule has 0 aliphatic carbocycles. The average molecular weight is 294 g/mol. The van der Waals surface area contributed by atoms with Gasteiger partial charge in [-0.2, -0.15) is 0 Å². The zero-order valence-corrected chi connectivity index (χ0v) is 12.2. The molecule has 0 aliphatic rings. The van der Waals surface area contributed by atoms with Gasteiger partial charge in [0.05, 0.1) is 12.3 Å². The Hall–Kier alpha value is -1.88. The number of aromatic nitrogens is 3. The van der Waals surface area contributed by atoms with E-state index in [1.54, 1.807) is 16.8 Å². The minimum absolute atomic E-state index is 0.0637. The number of halogens is 1. The average Bonchev–Trinajstić information content (AvgIpc) is 2.78. The number of hydrogen-bond donors (Lipinski definition) is 0. The first-order valence-electron chi connectivity index (χ1n) is 6.37. The van der Waals surface area contributed by atoms with E-state index in [9.17, 15) is 4.79 Å². The fourth-order valence-corrected chi connectivity index (χ4v) is 1.96. The van der Waals surface area contributed by atoms with Crippen molar-refractivity contribution in [2.45, 2.75) is 26.8 Å². The molecule has 1 aromatic carbocycles. The van der Waals surface area contributed by atoms with Crippen molar-refractivity contribution in [3.8, 4) is 5.75 Å². The predicted molar refractivity (Wildman–Crippen MR) is 76.3 cm³/mol. The first kappa shape index (κ1) is 14.5. The number of ketones is 1. The van der Waals surface area contributed by atoms with Crippen LogP contribution in [0.1, 0.15) is 29.5 Å². The summed E-state index contributed by atoms with van der Waals surface area (Å²) < 4.78 is 7.31. The van der Waals surface area contributed by atoms with Crippen LogP contribution in [0.25, 0.3) is 0 Å². The third-order valence-electron chi connectivity index (χ3n) is 2.91. The van der Waals surface area contributed by atoms with Crippen LogP contribution in [0.4, 0.5) is 0 Å². The van der Waals surface area contributed by atoms with Crippen molar-refractivity contribution in [1.29, 1.82) is 0 Å². The zero-order chi connectivity index (χ0) is 14.5. The van der Waals surface area contributed by atoms with E-state index in [4.69, 9.17) is 16.3 Å². The van der Waals surface area contributed by atoms with E-state index < -0.39 is 0 Å². The van der Waals surface area contributed by atoms with Crippen molar-refractivity contribution in [3.05, 3.63) is 40.7 Å². The summed E-state index contributed by atoms with van der Waals surface area (Å²) in [5.41, 5.74) is 1.23. The van der Waals surface area contributed by atoms with E-state index in [-0.39, 0.29) is 5.78 Å². The molecule has 0 bridgehead atoms. The Morgan fingerprint density at radius 1 is 1.35 bits per heavy atom. The van der Waals surface area contributed by atoms with Gasteiger partial charge in [0, 0.05) is 24.9 Å². The second-order valence-corrected chi connectivity index (χ2v) is 4.90. The van der Waals surface area contributed by atoms with E-state index >= 15 is 0 Å². The number of carbonyl (C=O) groups is 1. The molecule has 0 radical (unpaired) electrons. The minimum Gasteiger partial charge on any atom is -0.494 e. The molecule has 0 unspecified atom stereocenters. The lowest BCUT2D eigenvalue weighted by molar-refractivity contribution is 0.101. The molecule has 0 atom stereocenters. The molecule has 0 spiro atoms. The largest absolute Gasteiger partial charge is 0.494 e. The molecule has 0 fully saturated rings. The first-order chi connectivity index (χ1) is 9.58. The normalized spacial score (nSPS) is 10.6. The number of Topliss-reactive ketones (excluding diaryl/α,β-unsaturated/α-hetero) is 1. The maximum absolute atomic E-state index is 11.3. The minimum atomic E-state index is -0.0637. The molecule has 0 saturated carbocycles. The van der Waals surface area contributed by atoms with Crippen LogP contribution in [0.15, 0.2) is 24.3 Å². The lowest BCUT2D eigenvalue weighted by Gasteiger charge is -2.07. The molecule has 1 heterocycles. The highest BCUT2D eigenvalue weighted by Crippen LogP contribution is 2.15. The lowest BCUT2D eigenvalue weighted by Crippen LogP contribution is -2.08. The Morgan fingerprint density at radius 3 is 2.65 bits per heavy atom. The quantitative estimate of drug-likeness (QED) is 0.607. The monoisotopic (exact) mass is 293 g/mol. The van der Waals surface area contributed by atoms with Crippen molar-refractivity contribution in [2.24, 2.45) is 0 Å². The smallest absolute Gasteiger partial charge is 0.181 e. The zero-order valence-electron chi connectivity index (χ0n) is 11.5. The summed E-state index contributed by atoms with van der Waals surface area (Å²) in [6.45, 7) is 4.57. The van der Waals surface area contributed by atoms with Gasteiger partial charge in [0.25, 0.3) is 0 Å². The summed E-state index contributed by atoms with van der Waals surface area (Å²) in [6.07, 6.45) is 0.782. The highest BCUT2D eigenvalue weighted by Gasteiger charge is 2.11. The predicted octanol–water partition coefficient (Wildman–Crippen LogP) is 2.91. The number of benzene rings is 1. The van der Waals surface area contributed by atoms with Gasteiger partial charge in [-0.25, -0.2) is 4.68 Å². The highest BCUT2D eigenvalue weighted by molar-refractivity contribution is 6.30. The number of carbonyl (C=O) groups excluding carboxylic acids is 1. The molecule has 6 heteroatoms. The number of hydrogen-bond acceptors (Lipinski definition) is 4. The molecule has 0 saturated heterocycles. The first-order valence-corrected chi connectivity index (χ1v) is 6.75. The van der Waals surface area contributed by atoms with Crippen LogP contribution in [0.3, 0.4) is 0 Å². The Labute approximate surface area is 122 Å². The van der Waals surface area contributed by atoms with Crippen LogP contribution in [0, 0.1) is 6.92 Å². The Morgan fingerprint density at radius 2 is 2.05 bits per heavy atom. The maximum atomic E-state index is 11.3. The van der Waals surface area contributed by atoms with Gasteiger partial charge in [0.15, 0.2) is 11.5 Å². The molecule has 0 aliphatic heterocycles. The van der Waals surface area contributed by atoms with E-state index in [0.717, 1.165) is 17.9 Å². The van der Waals surface area contributed by atoms with E-state index in [0.29, 0.717) is 23.9 Å². The van der Waals surface area contributed by atoms with Gasteiger partial charge in [0.2, 0.25) is 0 Å². The number of aryl methyl sites for hydroxylation is 1. The van der Waals surface area contributed by atoms with Crippen LogP contribution >= 0.6 is 11.6 Å². The van der Waals surface area contributed by atoms with Crippen molar-refractivity contribution >= 4 is 17.4 Å². The van der Waals surface area contributed by atoms with Crippen molar-refractivity contribution in [1.82, 2.24) is 15.0 Å². The molecule has 0 N–H and O–H groups in total. The molecule has 1 aromatic heterocycles. The van der Waals surface area contributed by atoms with E-state index in [1.165, 1.54) is 6.92 Å². The lowest BCUT2D eigenvalue weighted by atomic mass is 10.2. The number of ether oxygens (including phenoxy) is 1. The maximum Gasteiger partial charge on any atom is 0.181 e. The highest BCUT2D eigenvalue weighted by atomic mass is 35.5. The van der Waals surface area contributed by atoms with Crippen LogP contribution in [-0.4, -0.2) is 27.4 Å². The van der Waals surface area contributed by atoms with E-state index in [2.05, 4.69) is 10.3 Å². The van der Waals surface area contributed by atoms with Gasteiger partial charge < -0.3 is 4.74 Å². The van der Waals surface area contributed by atoms with Crippen LogP contribution < -0.4 is 4.74 Å². The Bertz CT molecular complexity index is 593. The van der Waals surface area contributed by atoms with Crippen LogP contribution in [0.5, 0.6) is 5.75 Å². The topological polar surface area (TPSA) is 57.0 Å². The molecule has 0 amide bonds. The van der Waals surface area contributed by atoms with Gasteiger partial charge in [-0.05, 0) is 31.2 Å². The summed E-state index contributed by atoms with van der Waals surface area (Å²) in [6, 6.07) is 7.24. The number of nitrogens with zero attached hydrogens (tertiary/aromatic N) is 3. The fraction of sp³-hybridized carbons (Fsp3) is 0.357. The Balaban J connectivity index is 1.81. The molecule has 106 valence electrons. The molecule has 2 aromatic rings. The Kier molecular flexibility index (Phi) is 4.74. The van der Waals surface area contributed by atoms with Gasteiger partial charge >= 0.3 is 0 Å². The molecular formula is C14H16ClN3O2. The molecule has 2 rings (SSSR count). The molecule has 20 heavy (non-hydrogen) atoms. The van der Waals surface area contributed by atoms with Gasteiger partial charge in [-0.1, -0.05) is 16.8 Å². The van der Waals surface area contributed by atoms with Crippen LogP contribution in [-0.2, 0) is 6.54 Å². The number of rotatable bonds is 6. The molecular weight excluding hydrogens is 278 g/mol. The van der Waals surface area contributed by atoms with Crippen molar-refractivity contribution < 1.29 is 9.53 Å². The van der Waals surface area contributed by atoms with Crippen molar-refractivity contribution in [3.63, 3.8) is 0 Å². The molecule has 5 nitrogen and oxygen atoms in total. The van der Waals surface area contributed by atoms with E-state index in [1.807, 2.05) is 19.1 Å². The summed E-state index contributed by atoms with van der Waals surface area (Å²) in [4.78, 5) is 11.3.